The van der Waals surface area contributed by atoms with Crippen LogP contribution < -0.4 is 5.73 Å². The van der Waals surface area contributed by atoms with E-state index in [-0.39, 0.29) is 0 Å². The summed E-state index contributed by atoms with van der Waals surface area (Å²) in [5.41, 5.74) is 5.23. The lowest BCUT2D eigenvalue weighted by Gasteiger charge is -2.01. The fraction of sp³-hybridized carbons (Fsp3) is 0.889. The van der Waals surface area contributed by atoms with Gasteiger partial charge in [0.1, 0.15) is 0 Å². The van der Waals surface area contributed by atoms with Crippen molar-refractivity contribution in [3.8, 4) is 0 Å². The van der Waals surface area contributed by atoms with Crippen LogP contribution in [-0.4, -0.2) is 31.1 Å². The first-order chi connectivity index (χ1) is 6.27. The Bertz CT molecular complexity index is 131. The van der Waals surface area contributed by atoms with E-state index in [1.165, 1.54) is 11.5 Å². The molecule has 0 fully saturated rings. The van der Waals surface area contributed by atoms with E-state index in [2.05, 4.69) is 0 Å². The first kappa shape index (κ1) is 12.8. The molecule has 0 aliphatic heterocycles. The number of amidine groups is 1. The Kier molecular flexibility index (Phi) is 9.70. The van der Waals surface area contributed by atoms with E-state index >= 15 is 0 Å². The van der Waals surface area contributed by atoms with Gasteiger partial charge in [-0.3, -0.25) is 5.41 Å². The molecule has 0 aliphatic carbocycles. The van der Waals surface area contributed by atoms with Gasteiger partial charge in [-0.2, -0.15) is 11.8 Å². The second-order valence-corrected chi connectivity index (χ2v) is 4.17. The number of hydrogen-bond acceptors (Lipinski definition) is 3. The number of unbranched alkanes of at least 4 members (excludes halogenated alkanes) is 1. The van der Waals surface area contributed by atoms with E-state index in [4.69, 9.17) is 15.9 Å². The van der Waals surface area contributed by atoms with Crippen LogP contribution in [-0.2, 0) is 4.74 Å². The molecule has 0 bridgehead atoms. The van der Waals surface area contributed by atoms with Gasteiger partial charge in [0.15, 0.2) is 0 Å². The van der Waals surface area contributed by atoms with Gasteiger partial charge < -0.3 is 10.5 Å². The van der Waals surface area contributed by atoms with Gasteiger partial charge in [0.25, 0.3) is 0 Å². The summed E-state index contributed by atoms with van der Waals surface area (Å²) in [5, 5.41) is 7.02. The first-order valence-corrected chi connectivity index (χ1v) is 5.82. The van der Waals surface area contributed by atoms with E-state index in [0.717, 1.165) is 32.3 Å². The molecular weight excluding hydrogens is 184 g/mol. The third-order valence-corrected chi connectivity index (χ3v) is 2.78. The third kappa shape index (κ3) is 11.8. The van der Waals surface area contributed by atoms with E-state index in [9.17, 15) is 0 Å². The van der Waals surface area contributed by atoms with Gasteiger partial charge in [0, 0.05) is 20.1 Å². The monoisotopic (exact) mass is 204 g/mol. The highest BCUT2D eigenvalue weighted by Gasteiger charge is 1.92. The molecule has 13 heavy (non-hydrogen) atoms. The van der Waals surface area contributed by atoms with Crippen LogP contribution in [0.1, 0.15) is 25.7 Å². The van der Waals surface area contributed by atoms with Crippen molar-refractivity contribution in [2.24, 2.45) is 5.73 Å². The summed E-state index contributed by atoms with van der Waals surface area (Å²) < 4.78 is 4.94. The minimum absolute atomic E-state index is 0.310. The molecule has 3 N–H and O–H groups in total. The summed E-state index contributed by atoms with van der Waals surface area (Å²) in [5.74, 6) is 2.66. The zero-order valence-electron chi connectivity index (χ0n) is 8.34. The van der Waals surface area contributed by atoms with Gasteiger partial charge in [0.05, 0.1) is 5.84 Å². The highest BCUT2D eigenvalue weighted by molar-refractivity contribution is 7.99. The van der Waals surface area contributed by atoms with Crippen molar-refractivity contribution in [2.75, 3.05) is 25.2 Å². The first-order valence-electron chi connectivity index (χ1n) is 4.67. The van der Waals surface area contributed by atoms with Crippen LogP contribution in [0, 0.1) is 5.41 Å². The molecule has 0 aliphatic rings. The largest absolute Gasteiger partial charge is 0.388 e. The van der Waals surface area contributed by atoms with E-state index < -0.39 is 0 Å². The van der Waals surface area contributed by atoms with Gasteiger partial charge in [-0.1, -0.05) is 0 Å². The number of hydrogen-bond donors (Lipinski definition) is 2. The summed E-state index contributed by atoms with van der Waals surface area (Å²) in [7, 11) is 1.73. The fourth-order valence-electron chi connectivity index (χ4n) is 0.927. The van der Waals surface area contributed by atoms with Crippen molar-refractivity contribution in [2.45, 2.75) is 25.7 Å². The summed E-state index contributed by atoms with van der Waals surface area (Å²) in [6.07, 6.45) is 4.09. The predicted octanol–water partition coefficient (Wildman–Crippen LogP) is 1.86. The Balaban J connectivity index is 2.87. The number of rotatable bonds is 9. The maximum atomic E-state index is 7.02. The van der Waals surface area contributed by atoms with Gasteiger partial charge in [-0.25, -0.2) is 0 Å². The second kappa shape index (κ2) is 9.86. The molecule has 0 saturated carbocycles. The number of methoxy groups -OCH3 is 1. The Hall–Kier alpha value is -0.220. The summed E-state index contributed by atoms with van der Waals surface area (Å²) in [4.78, 5) is 0. The molecule has 0 aromatic carbocycles. The molecular formula is C9H20N2OS. The molecule has 0 atom stereocenters. The highest BCUT2D eigenvalue weighted by Crippen LogP contribution is 2.07. The van der Waals surface area contributed by atoms with Gasteiger partial charge in [0.2, 0.25) is 0 Å². The van der Waals surface area contributed by atoms with E-state index in [1.54, 1.807) is 7.11 Å². The third-order valence-electron chi connectivity index (χ3n) is 1.62. The SMILES string of the molecule is COCCCSCCCCC(=N)N. The number of nitrogens with two attached hydrogens (primary N) is 1. The smallest absolute Gasteiger partial charge is 0.0905 e. The number of nitrogens with one attached hydrogen (secondary N) is 1. The average molecular weight is 204 g/mol. The lowest BCUT2D eigenvalue weighted by atomic mass is 10.2. The van der Waals surface area contributed by atoms with Crippen molar-refractivity contribution >= 4 is 17.6 Å². The molecule has 3 nitrogen and oxygen atoms in total. The zero-order valence-corrected chi connectivity index (χ0v) is 9.16. The molecule has 0 aromatic heterocycles. The van der Waals surface area contributed by atoms with Crippen LogP contribution in [0.3, 0.4) is 0 Å². The summed E-state index contributed by atoms with van der Waals surface area (Å²) in [6.45, 7) is 0.862. The zero-order chi connectivity index (χ0) is 9.94. The van der Waals surface area contributed by atoms with Crippen LogP contribution in [0.2, 0.25) is 0 Å². The molecule has 0 aromatic rings. The molecule has 0 spiro atoms. The average Bonchev–Trinajstić information content (AvgIpc) is 2.09. The Morgan fingerprint density at radius 3 is 2.62 bits per heavy atom. The fourth-order valence-corrected chi connectivity index (χ4v) is 1.86. The predicted molar refractivity (Wildman–Crippen MR) is 59.6 cm³/mol. The second-order valence-electron chi connectivity index (χ2n) is 2.94. The van der Waals surface area contributed by atoms with Crippen LogP contribution in [0.5, 0.6) is 0 Å². The standard InChI is InChI=1S/C9H20N2OS/c1-12-6-4-8-13-7-3-2-5-9(10)11/h2-8H2,1H3,(H3,10,11). The quantitative estimate of drug-likeness (QED) is 0.342. The Labute approximate surface area is 84.9 Å². The van der Waals surface area contributed by atoms with Crippen molar-refractivity contribution in [1.82, 2.24) is 0 Å². The minimum atomic E-state index is 0.310. The van der Waals surface area contributed by atoms with Crippen LogP contribution >= 0.6 is 11.8 Å². The van der Waals surface area contributed by atoms with Gasteiger partial charge in [-0.15, -0.1) is 0 Å². The summed E-state index contributed by atoms with van der Waals surface area (Å²) in [6, 6.07) is 0. The number of thioether (sulfide) groups is 1. The Morgan fingerprint density at radius 1 is 1.31 bits per heavy atom. The minimum Gasteiger partial charge on any atom is -0.388 e. The summed E-state index contributed by atoms with van der Waals surface area (Å²) >= 11 is 1.95. The van der Waals surface area contributed by atoms with E-state index in [1.807, 2.05) is 11.8 Å². The normalized spacial score (nSPS) is 10.2. The molecule has 78 valence electrons. The maximum Gasteiger partial charge on any atom is 0.0905 e. The van der Waals surface area contributed by atoms with Crippen LogP contribution in [0.25, 0.3) is 0 Å². The van der Waals surface area contributed by atoms with Crippen molar-refractivity contribution < 1.29 is 4.74 Å². The maximum absolute atomic E-state index is 7.02. The van der Waals surface area contributed by atoms with Crippen LogP contribution in [0.4, 0.5) is 0 Å². The molecule has 0 radical (unpaired) electrons. The van der Waals surface area contributed by atoms with Gasteiger partial charge >= 0.3 is 0 Å². The van der Waals surface area contributed by atoms with E-state index in [0.29, 0.717) is 5.84 Å². The molecule has 0 heterocycles. The molecule has 0 unspecified atom stereocenters. The molecule has 0 amide bonds. The Morgan fingerprint density at radius 2 is 2.00 bits per heavy atom. The van der Waals surface area contributed by atoms with Crippen molar-refractivity contribution in [3.05, 3.63) is 0 Å². The van der Waals surface area contributed by atoms with Gasteiger partial charge in [-0.05, 0) is 30.8 Å². The number of ether oxygens (including phenoxy) is 1. The van der Waals surface area contributed by atoms with Crippen molar-refractivity contribution in [3.63, 3.8) is 0 Å². The lowest BCUT2D eigenvalue weighted by molar-refractivity contribution is 0.200. The van der Waals surface area contributed by atoms with Crippen LogP contribution in [0.15, 0.2) is 0 Å². The molecule has 0 saturated heterocycles. The molecule has 0 rings (SSSR count). The lowest BCUT2D eigenvalue weighted by Crippen LogP contribution is -2.08. The van der Waals surface area contributed by atoms with Crippen molar-refractivity contribution in [1.29, 1.82) is 5.41 Å². The highest BCUT2D eigenvalue weighted by atomic mass is 32.2. The topological polar surface area (TPSA) is 59.1 Å². The molecule has 4 heteroatoms.